The minimum absolute atomic E-state index is 0.0177. The molecule has 0 unspecified atom stereocenters. The van der Waals surface area contributed by atoms with Gasteiger partial charge in [0.25, 0.3) is 5.56 Å². The van der Waals surface area contributed by atoms with Crippen LogP contribution in [0.15, 0.2) is 34.2 Å². The summed E-state index contributed by atoms with van der Waals surface area (Å²) in [6.07, 6.45) is 10.6. The van der Waals surface area contributed by atoms with Crippen molar-refractivity contribution in [3.63, 3.8) is 0 Å². The zero-order valence-electron chi connectivity index (χ0n) is 18.9. The fourth-order valence-corrected chi connectivity index (χ4v) is 6.37. The van der Waals surface area contributed by atoms with Crippen LogP contribution in [-0.4, -0.2) is 15.3 Å². The molecule has 0 atom stereocenters. The molecular formula is C26H36N2OS. The Bertz CT molecular complexity index is 941. The summed E-state index contributed by atoms with van der Waals surface area (Å²) in [7, 11) is 0. The smallest absolute Gasteiger partial charge is 0.258 e. The maximum Gasteiger partial charge on any atom is 0.258 e. The fraction of sp³-hybridized carbons (Fsp3) is 0.615. The highest BCUT2D eigenvalue weighted by Crippen LogP contribution is 2.48. The van der Waals surface area contributed by atoms with Crippen LogP contribution in [-0.2, 0) is 18.4 Å². The summed E-state index contributed by atoms with van der Waals surface area (Å²) in [5.74, 6) is 1.46. The van der Waals surface area contributed by atoms with Crippen molar-refractivity contribution in [1.29, 1.82) is 0 Å². The number of benzene rings is 1. The topological polar surface area (TPSA) is 34.9 Å². The summed E-state index contributed by atoms with van der Waals surface area (Å²) in [6, 6.07) is 8.66. The van der Waals surface area contributed by atoms with Gasteiger partial charge in [-0.1, -0.05) is 88.9 Å². The van der Waals surface area contributed by atoms with E-state index in [0.717, 1.165) is 48.0 Å². The van der Waals surface area contributed by atoms with Crippen molar-refractivity contribution in [3.8, 4) is 11.3 Å². The largest absolute Gasteiger partial charge is 0.287 e. The molecule has 4 heteroatoms. The third kappa shape index (κ3) is 4.12. The molecule has 1 aromatic heterocycles. The maximum absolute atomic E-state index is 14.1. The van der Waals surface area contributed by atoms with E-state index in [2.05, 4.69) is 45.0 Å². The van der Waals surface area contributed by atoms with Crippen LogP contribution in [0.1, 0.15) is 83.3 Å². The van der Waals surface area contributed by atoms with Crippen molar-refractivity contribution in [2.24, 2.45) is 5.92 Å². The summed E-state index contributed by atoms with van der Waals surface area (Å²) in [5.41, 5.74) is 4.80. The quantitative estimate of drug-likeness (QED) is 0.285. The number of thioether (sulfide) groups is 1. The molecule has 0 aliphatic heterocycles. The Labute approximate surface area is 185 Å². The summed E-state index contributed by atoms with van der Waals surface area (Å²) in [6.45, 7) is 7.39. The number of hydrogen-bond donors (Lipinski definition) is 0. The second-order valence-electron chi connectivity index (χ2n) is 9.66. The lowest BCUT2D eigenvalue weighted by molar-refractivity contribution is 0.281. The molecule has 162 valence electrons. The summed E-state index contributed by atoms with van der Waals surface area (Å²) in [5, 5.41) is 0.922. The molecule has 0 saturated heterocycles. The van der Waals surface area contributed by atoms with Crippen LogP contribution in [0, 0.1) is 5.92 Å². The van der Waals surface area contributed by atoms with Crippen LogP contribution >= 0.6 is 11.8 Å². The molecular weight excluding hydrogens is 388 g/mol. The Balaban J connectivity index is 1.88. The van der Waals surface area contributed by atoms with Gasteiger partial charge in [0.05, 0.1) is 11.3 Å². The van der Waals surface area contributed by atoms with Gasteiger partial charge in [0.15, 0.2) is 5.16 Å². The van der Waals surface area contributed by atoms with Crippen molar-refractivity contribution < 1.29 is 0 Å². The van der Waals surface area contributed by atoms with E-state index >= 15 is 0 Å². The Hall–Kier alpha value is -1.55. The molecule has 2 aliphatic carbocycles. The standard InChI is InChI=1S/C26H36N2OS/c1-4-5-11-16-30-25-27-23-21-13-8-7-12-20(21)17-26(14-9-6-10-15-26)22(23)24(29)28(25)18-19(2)3/h7-8,12-13,19H,4-6,9-11,14-18H2,1-3H3. The molecule has 0 bridgehead atoms. The van der Waals surface area contributed by atoms with Gasteiger partial charge in [0.1, 0.15) is 0 Å². The van der Waals surface area contributed by atoms with Crippen LogP contribution in [0.3, 0.4) is 0 Å². The molecule has 4 rings (SSSR count). The first kappa shape index (κ1) is 21.7. The highest BCUT2D eigenvalue weighted by molar-refractivity contribution is 7.99. The maximum atomic E-state index is 14.1. The SMILES string of the molecule is CCCCCSc1nc2c(c(=O)n1CC(C)C)C1(CCCCC1)Cc1ccccc1-2. The normalized spacial score (nSPS) is 17.2. The average Bonchev–Trinajstić information content (AvgIpc) is 2.74. The molecule has 30 heavy (non-hydrogen) atoms. The minimum atomic E-state index is -0.0177. The van der Waals surface area contributed by atoms with E-state index in [1.54, 1.807) is 11.8 Å². The van der Waals surface area contributed by atoms with Gasteiger partial charge in [-0.2, -0.15) is 0 Å². The van der Waals surface area contributed by atoms with Gasteiger partial charge in [-0.05, 0) is 37.2 Å². The van der Waals surface area contributed by atoms with Gasteiger partial charge in [-0.25, -0.2) is 4.98 Å². The molecule has 1 fully saturated rings. The van der Waals surface area contributed by atoms with Gasteiger partial charge in [0.2, 0.25) is 0 Å². The number of unbranched alkanes of at least 4 members (excludes halogenated alkanes) is 2. The monoisotopic (exact) mass is 424 g/mol. The number of rotatable bonds is 7. The molecule has 0 radical (unpaired) electrons. The lowest BCUT2D eigenvalue weighted by atomic mass is 9.62. The predicted molar refractivity (Wildman–Crippen MR) is 127 cm³/mol. The van der Waals surface area contributed by atoms with Crippen molar-refractivity contribution >= 4 is 11.8 Å². The number of aromatic nitrogens is 2. The summed E-state index contributed by atoms with van der Waals surface area (Å²) in [4.78, 5) is 19.3. The van der Waals surface area contributed by atoms with E-state index < -0.39 is 0 Å². The molecule has 1 saturated carbocycles. The lowest BCUT2D eigenvalue weighted by Gasteiger charge is -2.42. The Morgan fingerprint density at radius 1 is 1.13 bits per heavy atom. The highest BCUT2D eigenvalue weighted by Gasteiger charge is 2.43. The van der Waals surface area contributed by atoms with Gasteiger partial charge in [-0.3, -0.25) is 9.36 Å². The van der Waals surface area contributed by atoms with Crippen LogP contribution in [0.2, 0.25) is 0 Å². The minimum Gasteiger partial charge on any atom is -0.287 e. The first-order chi connectivity index (χ1) is 14.6. The third-order valence-corrected chi connectivity index (χ3v) is 7.87. The zero-order valence-corrected chi connectivity index (χ0v) is 19.7. The molecule has 1 heterocycles. The highest BCUT2D eigenvalue weighted by atomic mass is 32.2. The Morgan fingerprint density at radius 2 is 1.90 bits per heavy atom. The molecule has 0 N–H and O–H groups in total. The molecule has 1 spiro atoms. The third-order valence-electron chi connectivity index (χ3n) is 6.80. The number of fused-ring (bicyclic) bond motifs is 4. The van der Waals surface area contributed by atoms with E-state index in [0.29, 0.717) is 5.92 Å². The summed E-state index contributed by atoms with van der Waals surface area (Å²) >= 11 is 1.78. The first-order valence-electron chi connectivity index (χ1n) is 11.9. The van der Waals surface area contributed by atoms with Gasteiger partial charge >= 0.3 is 0 Å². The number of nitrogens with zero attached hydrogens (tertiary/aromatic N) is 2. The van der Waals surface area contributed by atoms with E-state index in [-0.39, 0.29) is 11.0 Å². The number of hydrogen-bond acceptors (Lipinski definition) is 3. The molecule has 2 aromatic rings. The van der Waals surface area contributed by atoms with Gasteiger partial charge < -0.3 is 0 Å². The molecule has 2 aliphatic rings. The Morgan fingerprint density at radius 3 is 2.63 bits per heavy atom. The van der Waals surface area contributed by atoms with Gasteiger partial charge in [0, 0.05) is 23.3 Å². The molecule has 3 nitrogen and oxygen atoms in total. The summed E-state index contributed by atoms with van der Waals surface area (Å²) < 4.78 is 2.02. The average molecular weight is 425 g/mol. The van der Waals surface area contributed by atoms with Crippen molar-refractivity contribution in [3.05, 3.63) is 45.7 Å². The lowest BCUT2D eigenvalue weighted by Crippen LogP contribution is -2.43. The fourth-order valence-electron chi connectivity index (χ4n) is 5.37. The second kappa shape index (κ2) is 9.30. The van der Waals surface area contributed by atoms with Crippen molar-refractivity contribution in [2.45, 2.75) is 95.7 Å². The van der Waals surface area contributed by atoms with E-state index in [1.807, 2.05) is 4.57 Å². The second-order valence-corrected chi connectivity index (χ2v) is 10.7. The first-order valence-corrected chi connectivity index (χ1v) is 12.9. The molecule has 0 amide bonds. The van der Waals surface area contributed by atoms with Crippen LogP contribution in [0.4, 0.5) is 0 Å². The van der Waals surface area contributed by atoms with E-state index in [4.69, 9.17) is 4.98 Å². The Kier molecular flexibility index (Phi) is 6.72. The zero-order chi connectivity index (χ0) is 21.1. The van der Waals surface area contributed by atoms with E-state index in [9.17, 15) is 4.79 Å². The van der Waals surface area contributed by atoms with Crippen LogP contribution in [0.5, 0.6) is 0 Å². The van der Waals surface area contributed by atoms with Crippen LogP contribution in [0.25, 0.3) is 11.3 Å². The predicted octanol–water partition coefficient (Wildman–Crippen LogP) is 6.61. The van der Waals surface area contributed by atoms with Crippen molar-refractivity contribution in [1.82, 2.24) is 9.55 Å². The van der Waals surface area contributed by atoms with Crippen molar-refractivity contribution in [2.75, 3.05) is 5.75 Å². The van der Waals surface area contributed by atoms with Crippen LogP contribution < -0.4 is 5.56 Å². The van der Waals surface area contributed by atoms with Gasteiger partial charge in [-0.15, -0.1) is 0 Å². The molecule has 1 aromatic carbocycles. The van der Waals surface area contributed by atoms with E-state index in [1.165, 1.54) is 49.7 Å².